The quantitative estimate of drug-likeness (QED) is 0.861. The van der Waals surface area contributed by atoms with Crippen LogP contribution in [0.25, 0.3) is 0 Å². The van der Waals surface area contributed by atoms with Crippen LogP contribution in [0.15, 0.2) is 42.5 Å². The van der Waals surface area contributed by atoms with Crippen LogP contribution >= 0.6 is 0 Å². The van der Waals surface area contributed by atoms with Crippen molar-refractivity contribution in [2.24, 2.45) is 0 Å². The number of ether oxygens (including phenoxy) is 2. The Balaban J connectivity index is 1.83. The lowest BCUT2D eigenvalue weighted by Gasteiger charge is -2.11. The average Bonchev–Trinajstić information content (AvgIpc) is 2.59. The van der Waals surface area contributed by atoms with Crippen LogP contribution in [0.2, 0.25) is 0 Å². The second-order valence-corrected chi connectivity index (χ2v) is 5.21. The molecule has 0 aliphatic carbocycles. The van der Waals surface area contributed by atoms with Gasteiger partial charge in [0, 0.05) is 13.1 Å². The van der Waals surface area contributed by atoms with E-state index in [1.807, 2.05) is 49.4 Å². The molecular weight excluding hydrogens is 292 g/mol. The summed E-state index contributed by atoms with van der Waals surface area (Å²) in [6.45, 7) is 2.95. The van der Waals surface area contributed by atoms with Crippen LogP contribution in [0.4, 0.5) is 4.79 Å². The third-order valence-electron chi connectivity index (χ3n) is 3.47. The number of hydrogen-bond donors (Lipinski definition) is 2. The highest BCUT2D eigenvalue weighted by atomic mass is 16.5. The van der Waals surface area contributed by atoms with Crippen molar-refractivity contribution in [3.8, 4) is 11.5 Å². The van der Waals surface area contributed by atoms with Crippen molar-refractivity contribution >= 4 is 6.03 Å². The van der Waals surface area contributed by atoms with Gasteiger partial charge in [0.2, 0.25) is 0 Å². The molecule has 2 amide bonds. The van der Waals surface area contributed by atoms with Gasteiger partial charge in [0.15, 0.2) is 11.5 Å². The van der Waals surface area contributed by atoms with Crippen molar-refractivity contribution in [1.82, 2.24) is 10.6 Å². The van der Waals surface area contributed by atoms with Crippen LogP contribution in [-0.4, -0.2) is 20.3 Å². The van der Waals surface area contributed by atoms with Gasteiger partial charge >= 0.3 is 6.03 Å². The van der Waals surface area contributed by atoms with Crippen molar-refractivity contribution in [2.75, 3.05) is 14.2 Å². The Hall–Kier alpha value is -2.69. The molecule has 0 aliphatic heterocycles. The topological polar surface area (TPSA) is 59.6 Å². The molecule has 5 nitrogen and oxygen atoms in total. The van der Waals surface area contributed by atoms with Gasteiger partial charge in [0.25, 0.3) is 0 Å². The number of urea groups is 1. The molecule has 0 saturated heterocycles. The number of carbonyl (C=O) groups excluding carboxylic acids is 1. The fraction of sp³-hybridized carbons (Fsp3) is 0.278. The van der Waals surface area contributed by atoms with E-state index in [-0.39, 0.29) is 6.03 Å². The normalized spacial score (nSPS) is 10.0. The van der Waals surface area contributed by atoms with E-state index in [1.165, 1.54) is 5.56 Å². The summed E-state index contributed by atoms with van der Waals surface area (Å²) >= 11 is 0. The minimum Gasteiger partial charge on any atom is -0.493 e. The van der Waals surface area contributed by atoms with Crippen molar-refractivity contribution in [2.45, 2.75) is 20.0 Å². The summed E-state index contributed by atoms with van der Waals surface area (Å²) in [5.74, 6) is 1.31. The summed E-state index contributed by atoms with van der Waals surface area (Å²) in [5.41, 5.74) is 3.21. The zero-order valence-corrected chi connectivity index (χ0v) is 13.7. The number of amides is 2. The molecule has 0 bridgehead atoms. The van der Waals surface area contributed by atoms with Crippen LogP contribution < -0.4 is 20.1 Å². The van der Waals surface area contributed by atoms with Crippen LogP contribution in [-0.2, 0) is 13.1 Å². The maximum absolute atomic E-state index is 11.9. The molecule has 23 heavy (non-hydrogen) atoms. The number of methoxy groups -OCH3 is 2. The number of benzene rings is 2. The van der Waals surface area contributed by atoms with Crippen molar-refractivity contribution in [3.63, 3.8) is 0 Å². The molecule has 2 aromatic rings. The third kappa shape index (κ3) is 4.92. The molecule has 0 unspecified atom stereocenters. The fourth-order valence-electron chi connectivity index (χ4n) is 2.12. The molecule has 0 spiro atoms. The molecular formula is C18H22N2O3. The summed E-state index contributed by atoms with van der Waals surface area (Å²) in [6, 6.07) is 13.4. The van der Waals surface area contributed by atoms with Crippen LogP contribution in [0, 0.1) is 6.92 Å². The fourth-order valence-corrected chi connectivity index (χ4v) is 2.12. The Morgan fingerprint density at radius 1 is 0.870 bits per heavy atom. The molecule has 0 aliphatic rings. The van der Waals surface area contributed by atoms with Gasteiger partial charge in [-0.05, 0) is 30.2 Å². The highest BCUT2D eigenvalue weighted by Gasteiger charge is 2.06. The molecule has 122 valence electrons. The Labute approximate surface area is 136 Å². The number of nitrogens with one attached hydrogen (secondary N) is 2. The zero-order chi connectivity index (χ0) is 16.7. The first-order valence-corrected chi connectivity index (χ1v) is 7.40. The minimum atomic E-state index is -0.208. The first-order valence-electron chi connectivity index (χ1n) is 7.40. The van der Waals surface area contributed by atoms with Crippen LogP contribution in [0.1, 0.15) is 16.7 Å². The molecule has 0 atom stereocenters. The van der Waals surface area contributed by atoms with Crippen LogP contribution in [0.5, 0.6) is 11.5 Å². The lowest BCUT2D eigenvalue weighted by Crippen LogP contribution is -2.34. The SMILES string of the molecule is COc1ccc(CNC(=O)NCc2ccc(C)cc2)cc1OC. The predicted octanol–water partition coefficient (Wildman–Crippen LogP) is 3.01. The first-order chi connectivity index (χ1) is 11.1. The minimum absolute atomic E-state index is 0.208. The van der Waals surface area contributed by atoms with Gasteiger partial charge in [0.1, 0.15) is 0 Å². The number of aryl methyl sites for hydroxylation is 1. The Kier molecular flexibility index (Phi) is 5.86. The van der Waals surface area contributed by atoms with E-state index in [0.717, 1.165) is 11.1 Å². The van der Waals surface area contributed by atoms with Gasteiger partial charge in [-0.15, -0.1) is 0 Å². The van der Waals surface area contributed by atoms with Gasteiger partial charge in [-0.1, -0.05) is 35.9 Å². The van der Waals surface area contributed by atoms with Gasteiger partial charge in [-0.2, -0.15) is 0 Å². The Morgan fingerprint density at radius 3 is 2.04 bits per heavy atom. The number of rotatable bonds is 6. The molecule has 5 heteroatoms. The molecule has 2 aromatic carbocycles. The predicted molar refractivity (Wildman–Crippen MR) is 89.8 cm³/mol. The molecule has 0 saturated carbocycles. The molecule has 0 fully saturated rings. The van der Waals surface area contributed by atoms with Gasteiger partial charge < -0.3 is 20.1 Å². The number of hydrogen-bond acceptors (Lipinski definition) is 3. The van der Waals surface area contributed by atoms with E-state index in [0.29, 0.717) is 24.6 Å². The van der Waals surface area contributed by atoms with Gasteiger partial charge in [0.05, 0.1) is 14.2 Å². The highest BCUT2D eigenvalue weighted by molar-refractivity contribution is 5.73. The standard InChI is InChI=1S/C18H22N2O3/c1-13-4-6-14(7-5-13)11-19-18(21)20-12-15-8-9-16(22-2)17(10-15)23-3/h4-10H,11-12H2,1-3H3,(H2,19,20,21). The monoisotopic (exact) mass is 314 g/mol. The van der Waals surface area contributed by atoms with Crippen molar-refractivity contribution < 1.29 is 14.3 Å². The summed E-state index contributed by atoms with van der Waals surface area (Å²) in [5, 5.41) is 5.66. The van der Waals surface area contributed by atoms with E-state index in [4.69, 9.17) is 9.47 Å². The third-order valence-corrected chi connectivity index (χ3v) is 3.47. The molecule has 0 aromatic heterocycles. The Bertz CT molecular complexity index is 654. The van der Waals surface area contributed by atoms with E-state index in [1.54, 1.807) is 14.2 Å². The Morgan fingerprint density at radius 2 is 1.43 bits per heavy atom. The number of carbonyl (C=O) groups is 1. The summed E-state index contributed by atoms with van der Waals surface area (Å²) < 4.78 is 10.4. The van der Waals surface area contributed by atoms with E-state index in [2.05, 4.69) is 10.6 Å². The van der Waals surface area contributed by atoms with Crippen molar-refractivity contribution in [1.29, 1.82) is 0 Å². The molecule has 0 heterocycles. The van der Waals surface area contributed by atoms with E-state index in [9.17, 15) is 4.79 Å². The second-order valence-electron chi connectivity index (χ2n) is 5.21. The van der Waals surface area contributed by atoms with Crippen molar-refractivity contribution in [3.05, 3.63) is 59.2 Å². The highest BCUT2D eigenvalue weighted by Crippen LogP contribution is 2.27. The maximum atomic E-state index is 11.9. The lowest BCUT2D eigenvalue weighted by molar-refractivity contribution is 0.240. The molecule has 2 rings (SSSR count). The second kappa shape index (κ2) is 8.08. The summed E-state index contributed by atoms with van der Waals surface area (Å²) in [6.07, 6.45) is 0. The maximum Gasteiger partial charge on any atom is 0.315 e. The smallest absolute Gasteiger partial charge is 0.315 e. The van der Waals surface area contributed by atoms with E-state index < -0.39 is 0 Å². The summed E-state index contributed by atoms with van der Waals surface area (Å²) in [4.78, 5) is 11.9. The molecule has 0 radical (unpaired) electrons. The van der Waals surface area contributed by atoms with Crippen LogP contribution in [0.3, 0.4) is 0 Å². The zero-order valence-electron chi connectivity index (χ0n) is 13.7. The van der Waals surface area contributed by atoms with Gasteiger partial charge in [-0.3, -0.25) is 0 Å². The molecule has 2 N–H and O–H groups in total. The average molecular weight is 314 g/mol. The lowest BCUT2D eigenvalue weighted by atomic mass is 10.1. The van der Waals surface area contributed by atoms with Gasteiger partial charge in [-0.25, -0.2) is 4.79 Å². The largest absolute Gasteiger partial charge is 0.493 e. The van der Waals surface area contributed by atoms with E-state index >= 15 is 0 Å². The first kappa shape index (κ1) is 16.7. The summed E-state index contributed by atoms with van der Waals surface area (Å²) in [7, 11) is 3.18.